The van der Waals surface area contributed by atoms with Crippen LogP contribution in [0, 0.1) is 5.41 Å². The molecule has 1 aromatic heterocycles. The second-order valence-corrected chi connectivity index (χ2v) is 5.61. The summed E-state index contributed by atoms with van der Waals surface area (Å²) in [4.78, 5) is 0. The van der Waals surface area contributed by atoms with Crippen molar-refractivity contribution in [1.82, 2.24) is 9.78 Å². The lowest BCUT2D eigenvalue weighted by molar-refractivity contribution is 0.112. The molecule has 4 heteroatoms. The van der Waals surface area contributed by atoms with Gasteiger partial charge in [0.15, 0.2) is 0 Å². The number of ether oxygens (including phenoxy) is 1. The molecule has 0 amide bonds. The van der Waals surface area contributed by atoms with Gasteiger partial charge < -0.3 is 9.84 Å². The summed E-state index contributed by atoms with van der Waals surface area (Å²) in [5.74, 6) is 0. The Kier molecular flexibility index (Phi) is 5.15. The predicted octanol–water partition coefficient (Wildman–Crippen LogP) is 2.39. The Balaban J connectivity index is 2.61. The highest BCUT2D eigenvalue weighted by Gasteiger charge is 2.20. The van der Waals surface area contributed by atoms with Gasteiger partial charge in [0, 0.05) is 26.5 Å². The SMILES string of the molecule is COCCCn1nccc1C(O)CC(C)(C)C. The Morgan fingerprint density at radius 3 is 2.76 bits per heavy atom. The number of aliphatic hydroxyl groups excluding tert-OH is 1. The molecule has 0 aliphatic carbocycles. The van der Waals surface area contributed by atoms with Crippen LogP contribution >= 0.6 is 0 Å². The first-order chi connectivity index (χ1) is 7.94. The zero-order valence-electron chi connectivity index (χ0n) is 11.3. The summed E-state index contributed by atoms with van der Waals surface area (Å²) in [6.45, 7) is 7.89. The number of nitrogens with zero attached hydrogens (tertiary/aromatic N) is 2. The fourth-order valence-corrected chi connectivity index (χ4v) is 1.86. The molecular formula is C13H24N2O2. The molecule has 17 heavy (non-hydrogen) atoms. The van der Waals surface area contributed by atoms with Gasteiger partial charge in [-0.15, -0.1) is 0 Å². The molecule has 0 radical (unpaired) electrons. The van der Waals surface area contributed by atoms with Gasteiger partial charge in [-0.2, -0.15) is 5.10 Å². The van der Waals surface area contributed by atoms with Crippen LogP contribution in [0.25, 0.3) is 0 Å². The molecule has 4 nitrogen and oxygen atoms in total. The second kappa shape index (κ2) is 6.17. The molecule has 1 aromatic rings. The number of rotatable bonds is 6. The number of methoxy groups -OCH3 is 1. The van der Waals surface area contributed by atoms with Gasteiger partial charge in [-0.25, -0.2) is 0 Å². The van der Waals surface area contributed by atoms with Crippen molar-refractivity contribution in [1.29, 1.82) is 0 Å². The van der Waals surface area contributed by atoms with E-state index in [9.17, 15) is 5.11 Å². The monoisotopic (exact) mass is 240 g/mol. The van der Waals surface area contributed by atoms with E-state index in [0.717, 1.165) is 25.1 Å². The van der Waals surface area contributed by atoms with Gasteiger partial charge in [0.25, 0.3) is 0 Å². The molecule has 0 aliphatic rings. The lowest BCUT2D eigenvalue weighted by Gasteiger charge is -2.22. The first kappa shape index (κ1) is 14.2. The van der Waals surface area contributed by atoms with Crippen molar-refractivity contribution in [2.45, 2.75) is 46.3 Å². The van der Waals surface area contributed by atoms with Crippen molar-refractivity contribution in [3.05, 3.63) is 18.0 Å². The number of hydrogen-bond donors (Lipinski definition) is 1. The topological polar surface area (TPSA) is 47.3 Å². The molecular weight excluding hydrogens is 216 g/mol. The molecule has 1 rings (SSSR count). The normalized spacial score (nSPS) is 13.9. The van der Waals surface area contributed by atoms with Crippen LogP contribution in [0.2, 0.25) is 0 Å². The van der Waals surface area contributed by atoms with Crippen molar-refractivity contribution in [2.75, 3.05) is 13.7 Å². The predicted molar refractivity (Wildman–Crippen MR) is 67.8 cm³/mol. The van der Waals surface area contributed by atoms with Crippen molar-refractivity contribution < 1.29 is 9.84 Å². The second-order valence-electron chi connectivity index (χ2n) is 5.61. The lowest BCUT2D eigenvalue weighted by atomic mass is 9.88. The zero-order chi connectivity index (χ0) is 12.9. The minimum absolute atomic E-state index is 0.112. The van der Waals surface area contributed by atoms with Crippen molar-refractivity contribution in [3.63, 3.8) is 0 Å². The van der Waals surface area contributed by atoms with E-state index in [-0.39, 0.29) is 5.41 Å². The van der Waals surface area contributed by atoms with E-state index >= 15 is 0 Å². The molecule has 1 heterocycles. The molecule has 0 aliphatic heterocycles. The molecule has 0 saturated heterocycles. The Morgan fingerprint density at radius 1 is 1.47 bits per heavy atom. The number of aryl methyl sites for hydroxylation is 1. The highest BCUT2D eigenvalue weighted by atomic mass is 16.5. The maximum atomic E-state index is 10.2. The van der Waals surface area contributed by atoms with E-state index in [1.165, 1.54) is 0 Å². The van der Waals surface area contributed by atoms with Crippen molar-refractivity contribution >= 4 is 0 Å². The minimum atomic E-state index is -0.444. The van der Waals surface area contributed by atoms with E-state index in [4.69, 9.17) is 4.74 Å². The first-order valence-electron chi connectivity index (χ1n) is 6.13. The first-order valence-corrected chi connectivity index (χ1v) is 6.13. The standard InChI is InChI=1S/C13H24N2O2/c1-13(2,3)10-12(16)11-6-7-14-15(11)8-5-9-17-4/h6-7,12,16H,5,8-10H2,1-4H3. The van der Waals surface area contributed by atoms with Crippen molar-refractivity contribution in [2.24, 2.45) is 5.41 Å². The minimum Gasteiger partial charge on any atom is -0.387 e. The average molecular weight is 240 g/mol. The van der Waals surface area contributed by atoms with Gasteiger partial charge in [-0.1, -0.05) is 20.8 Å². The van der Waals surface area contributed by atoms with Crippen LogP contribution in [0.15, 0.2) is 12.3 Å². The highest BCUT2D eigenvalue weighted by Crippen LogP contribution is 2.29. The van der Waals surface area contributed by atoms with E-state index in [2.05, 4.69) is 25.9 Å². The molecule has 1 N–H and O–H groups in total. The summed E-state index contributed by atoms with van der Waals surface area (Å²) >= 11 is 0. The number of aromatic nitrogens is 2. The lowest BCUT2D eigenvalue weighted by Crippen LogP contribution is -2.16. The van der Waals surface area contributed by atoms with E-state index in [1.807, 2.05) is 10.7 Å². The average Bonchev–Trinajstić information content (AvgIpc) is 2.64. The van der Waals surface area contributed by atoms with E-state index in [0.29, 0.717) is 6.61 Å². The Hall–Kier alpha value is -0.870. The summed E-state index contributed by atoms with van der Waals surface area (Å²) in [5, 5.41) is 14.4. The quantitative estimate of drug-likeness (QED) is 0.777. The van der Waals surface area contributed by atoms with Gasteiger partial charge in [0.2, 0.25) is 0 Å². The Labute approximate surface area is 104 Å². The zero-order valence-corrected chi connectivity index (χ0v) is 11.3. The van der Waals surface area contributed by atoms with Crippen LogP contribution in [0.5, 0.6) is 0 Å². The molecule has 0 spiro atoms. The summed E-state index contributed by atoms with van der Waals surface area (Å²) in [6.07, 6.45) is 2.95. The van der Waals surface area contributed by atoms with Gasteiger partial charge in [0.05, 0.1) is 11.8 Å². The third-order valence-corrected chi connectivity index (χ3v) is 2.61. The van der Waals surface area contributed by atoms with Crippen LogP contribution in [0.1, 0.15) is 45.4 Å². The highest BCUT2D eigenvalue weighted by molar-refractivity contribution is 5.05. The number of hydrogen-bond acceptors (Lipinski definition) is 3. The van der Waals surface area contributed by atoms with Gasteiger partial charge in [0.1, 0.15) is 0 Å². The van der Waals surface area contributed by atoms with Gasteiger partial charge >= 0.3 is 0 Å². The number of aliphatic hydroxyl groups is 1. The largest absolute Gasteiger partial charge is 0.387 e. The summed E-state index contributed by atoms with van der Waals surface area (Å²) in [6, 6.07) is 1.89. The maximum absolute atomic E-state index is 10.2. The summed E-state index contributed by atoms with van der Waals surface area (Å²) < 4.78 is 6.89. The smallest absolute Gasteiger partial charge is 0.0961 e. The van der Waals surface area contributed by atoms with Crippen LogP contribution < -0.4 is 0 Å². The van der Waals surface area contributed by atoms with E-state index in [1.54, 1.807) is 13.3 Å². The van der Waals surface area contributed by atoms with Gasteiger partial charge in [-0.05, 0) is 24.3 Å². The maximum Gasteiger partial charge on any atom is 0.0961 e. The molecule has 1 atom stereocenters. The molecule has 0 aromatic carbocycles. The van der Waals surface area contributed by atoms with E-state index < -0.39 is 6.10 Å². The fraction of sp³-hybridized carbons (Fsp3) is 0.769. The third kappa shape index (κ3) is 4.88. The van der Waals surface area contributed by atoms with Crippen LogP contribution in [0.4, 0.5) is 0 Å². The van der Waals surface area contributed by atoms with Crippen LogP contribution in [-0.2, 0) is 11.3 Å². The van der Waals surface area contributed by atoms with Gasteiger partial charge in [-0.3, -0.25) is 4.68 Å². The molecule has 98 valence electrons. The summed E-state index contributed by atoms with van der Waals surface area (Å²) in [7, 11) is 1.69. The molecule has 0 bridgehead atoms. The Morgan fingerprint density at radius 2 is 2.18 bits per heavy atom. The van der Waals surface area contributed by atoms with Crippen LogP contribution in [-0.4, -0.2) is 28.6 Å². The Bertz CT molecular complexity index is 328. The molecule has 1 unspecified atom stereocenters. The third-order valence-electron chi connectivity index (χ3n) is 2.61. The molecule has 0 saturated carbocycles. The van der Waals surface area contributed by atoms with Crippen LogP contribution in [0.3, 0.4) is 0 Å². The molecule has 0 fully saturated rings. The fourth-order valence-electron chi connectivity index (χ4n) is 1.86. The summed E-state index contributed by atoms with van der Waals surface area (Å²) in [5.41, 5.74) is 1.01. The van der Waals surface area contributed by atoms with Crippen molar-refractivity contribution in [3.8, 4) is 0 Å².